The summed E-state index contributed by atoms with van der Waals surface area (Å²) >= 11 is 0. The molecule has 0 aromatic heterocycles. The molecule has 98 valence electrons. The minimum atomic E-state index is 0.362. The maximum Gasteiger partial charge on any atom is 0.0828 e. The highest BCUT2D eigenvalue weighted by atomic mass is 16.5. The number of hydrogen-bond donors (Lipinski definition) is 0. The van der Waals surface area contributed by atoms with E-state index in [1.165, 1.54) is 37.7 Å². The molecule has 1 saturated heterocycles. The van der Waals surface area contributed by atoms with E-state index >= 15 is 0 Å². The predicted molar refractivity (Wildman–Crippen MR) is 73.9 cm³/mol. The third-order valence-electron chi connectivity index (χ3n) is 4.50. The number of nitrogens with zero attached hydrogens (tertiary/aromatic N) is 1. The summed E-state index contributed by atoms with van der Waals surface area (Å²) in [5.41, 5.74) is 4.60. The lowest BCUT2D eigenvalue weighted by Gasteiger charge is -2.32. The van der Waals surface area contributed by atoms with Crippen molar-refractivity contribution in [3.05, 3.63) is 34.9 Å². The summed E-state index contributed by atoms with van der Waals surface area (Å²) in [4.78, 5) is 2.37. The van der Waals surface area contributed by atoms with Gasteiger partial charge in [-0.2, -0.15) is 0 Å². The minimum absolute atomic E-state index is 0.362. The highest BCUT2D eigenvalue weighted by molar-refractivity contribution is 5.39. The molecule has 1 aliphatic carbocycles. The Morgan fingerprint density at radius 3 is 2.83 bits per heavy atom. The Kier molecular flexibility index (Phi) is 3.40. The highest BCUT2D eigenvalue weighted by Gasteiger charge is 2.26. The van der Waals surface area contributed by atoms with E-state index < -0.39 is 0 Å². The van der Waals surface area contributed by atoms with Gasteiger partial charge >= 0.3 is 0 Å². The molecule has 1 aromatic rings. The van der Waals surface area contributed by atoms with E-state index in [4.69, 9.17) is 4.74 Å². The largest absolute Gasteiger partial charge is 0.374 e. The maximum atomic E-state index is 5.89. The number of ether oxygens (including phenoxy) is 1. The van der Waals surface area contributed by atoms with Gasteiger partial charge in [0.05, 0.1) is 6.10 Å². The molecule has 0 saturated carbocycles. The van der Waals surface area contributed by atoms with Crippen LogP contribution in [0, 0.1) is 0 Å². The fourth-order valence-corrected chi connectivity index (χ4v) is 3.36. The molecule has 1 aliphatic heterocycles. The summed E-state index contributed by atoms with van der Waals surface area (Å²) in [6.07, 6.45) is 6.47. The van der Waals surface area contributed by atoms with Gasteiger partial charge in [0, 0.05) is 12.6 Å². The molecule has 0 amide bonds. The second kappa shape index (κ2) is 5.02. The van der Waals surface area contributed by atoms with E-state index in [0.717, 1.165) is 6.61 Å². The molecule has 0 unspecified atom stereocenters. The van der Waals surface area contributed by atoms with Gasteiger partial charge in [0.1, 0.15) is 0 Å². The smallest absolute Gasteiger partial charge is 0.0828 e. The Labute approximate surface area is 110 Å². The third-order valence-corrected chi connectivity index (χ3v) is 4.50. The van der Waals surface area contributed by atoms with Crippen molar-refractivity contribution in [2.75, 3.05) is 20.7 Å². The number of likely N-dealkylation sites (N-methyl/N-ethyl adjacent to an activating group) is 1. The summed E-state index contributed by atoms with van der Waals surface area (Å²) < 4.78 is 5.89. The fourth-order valence-electron chi connectivity index (χ4n) is 3.36. The maximum absolute atomic E-state index is 5.89. The van der Waals surface area contributed by atoms with Crippen LogP contribution in [0.15, 0.2) is 18.2 Å². The first kappa shape index (κ1) is 12.2. The highest BCUT2D eigenvalue weighted by Crippen LogP contribution is 2.35. The van der Waals surface area contributed by atoms with Gasteiger partial charge in [-0.05, 0) is 62.9 Å². The number of fused-ring (bicyclic) bond motifs is 1. The molecular formula is C16H23NO. The van der Waals surface area contributed by atoms with E-state index in [9.17, 15) is 0 Å². The summed E-state index contributed by atoms with van der Waals surface area (Å²) in [6.45, 7) is 0.936. The molecule has 0 spiro atoms. The van der Waals surface area contributed by atoms with Crippen molar-refractivity contribution in [3.63, 3.8) is 0 Å². The quantitative estimate of drug-likeness (QED) is 0.794. The molecule has 2 atom stereocenters. The molecule has 2 aliphatic rings. The van der Waals surface area contributed by atoms with E-state index in [0.29, 0.717) is 12.1 Å². The molecule has 0 radical (unpaired) electrons. The second-order valence-electron chi connectivity index (χ2n) is 5.85. The van der Waals surface area contributed by atoms with Gasteiger partial charge in [0.25, 0.3) is 0 Å². The predicted octanol–water partition coefficient (Wildman–Crippen LogP) is 2.96. The van der Waals surface area contributed by atoms with Crippen LogP contribution >= 0.6 is 0 Å². The molecule has 1 aromatic carbocycles. The van der Waals surface area contributed by atoms with E-state index in [1.807, 2.05) is 0 Å². The summed E-state index contributed by atoms with van der Waals surface area (Å²) in [7, 11) is 4.40. The van der Waals surface area contributed by atoms with Crippen LogP contribution in [-0.4, -0.2) is 31.6 Å². The van der Waals surface area contributed by atoms with Gasteiger partial charge < -0.3 is 9.64 Å². The van der Waals surface area contributed by atoms with Crippen molar-refractivity contribution in [3.8, 4) is 0 Å². The molecule has 1 fully saturated rings. The zero-order valence-corrected chi connectivity index (χ0v) is 11.5. The number of benzene rings is 1. The molecule has 0 bridgehead atoms. The normalized spacial score (nSPS) is 27.5. The third kappa shape index (κ3) is 2.19. The van der Waals surface area contributed by atoms with Crippen molar-refractivity contribution < 1.29 is 4.74 Å². The van der Waals surface area contributed by atoms with E-state index in [-0.39, 0.29) is 0 Å². The lowest BCUT2D eigenvalue weighted by Crippen LogP contribution is -2.34. The number of hydrogen-bond acceptors (Lipinski definition) is 2. The van der Waals surface area contributed by atoms with Crippen LogP contribution in [0.4, 0.5) is 0 Å². The molecule has 3 rings (SSSR count). The average molecular weight is 245 g/mol. The Hall–Kier alpha value is -0.860. The molecule has 2 heteroatoms. The van der Waals surface area contributed by atoms with Crippen molar-refractivity contribution in [1.29, 1.82) is 0 Å². The molecule has 2 nitrogen and oxygen atoms in total. The van der Waals surface area contributed by atoms with Crippen molar-refractivity contribution in [2.45, 2.75) is 44.2 Å². The van der Waals surface area contributed by atoms with Crippen LogP contribution < -0.4 is 0 Å². The molecular weight excluding hydrogens is 222 g/mol. The molecule has 18 heavy (non-hydrogen) atoms. The minimum Gasteiger partial charge on any atom is -0.374 e. The Bertz CT molecular complexity index is 421. The topological polar surface area (TPSA) is 12.5 Å². The van der Waals surface area contributed by atoms with Crippen LogP contribution in [-0.2, 0) is 17.6 Å². The van der Waals surface area contributed by atoms with Gasteiger partial charge in [-0.3, -0.25) is 0 Å². The van der Waals surface area contributed by atoms with E-state index in [2.05, 4.69) is 37.2 Å². The van der Waals surface area contributed by atoms with Crippen molar-refractivity contribution in [2.24, 2.45) is 0 Å². The monoisotopic (exact) mass is 245 g/mol. The SMILES string of the molecule is CN(C)[C@@H]1CCc2cccc([C@H]3CCCO3)c2C1. The first-order chi connectivity index (χ1) is 8.75. The average Bonchev–Trinajstić information content (AvgIpc) is 2.91. The van der Waals surface area contributed by atoms with E-state index in [1.54, 1.807) is 11.1 Å². The van der Waals surface area contributed by atoms with Crippen LogP contribution in [0.25, 0.3) is 0 Å². The Balaban J connectivity index is 1.92. The van der Waals surface area contributed by atoms with Crippen molar-refractivity contribution >= 4 is 0 Å². The van der Waals surface area contributed by atoms with Crippen molar-refractivity contribution in [1.82, 2.24) is 4.90 Å². The Morgan fingerprint density at radius 1 is 1.22 bits per heavy atom. The van der Waals surface area contributed by atoms with Gasteiger partial charge in [0.15, 0.2) is 0 Å². The summed E-state index contributed by atoms with van der Waals surface area (Å²) in [6, 6.07) is 7.50. The van der Waals surface area contributed by atoms with Crippen LogP contribution in [0.3, 0.4) is 0 Å². The zero-order valence-electron chi connectivity index (χ0n) is 11.5. The fraction of sp³-hybridized carbons (Fsp3) is 0.625. The second-order valence-corrected chi connectivity index (χ2v) is 5.85. The number of rotatable bonds is 2. The lowest BCUT2D eigenvalue weighted by molar-refractivity contribution is 0.110. The van der Waals surface area contributed by atoms with Crippen LogP contribution in [0.1, 0.15) is 42.1 Å². The standard InChI is InChI=1S/C16H23NO/c1-17(2)13-9-8-12-5-3-6-14(15(12)11-13)16-7-4-10-18-16/h3,5-6,13,16H,4,7-11H2,1-2H3/t13-,16-/m1/s1. The van der Waals surface area contributed by atoms with Gasteiger partial charge in [-0.15, -0.1) is 0 Å². The number of aryl methyl sites for hydroxylation is 1. The van der Waals surface area contributed by atoms with Gasteiger partial charge in [0.2, 0.25) is 0 Å². The lowest BCUT2D eigenvalue weighted by atomic mass is 9.83. The van der Waals surface area contributed by atoms with Gasteiger partial charge in [-0.1, -0.05) is 18.2 Å². The zero-order chi connectivity index (χ0) is 12.5. The first-order valence-corrected chi connectivity index (χ1v) is 7.14. The molecule has 0 N–H and O–H groups in total. The first-order valence-electron chi connectivity index (χ1n) is 7.14. The Morgan fingerprint density at radius 2 is 2.11 bits per heavy atom. The van der Waals surface area contributed by atoms with Crippen LogP contribution in [0.5, 0.6) is 0 Å². The summed E-state index contributed by atoms with van der Waals surface area (Å²) in [5, 5.41) is 0. The van der Waals surface area contributed by atoms with Gasteiger partial charge in [-0.25, -0.2) is 0 Å². The van der Waals surface area contributed by atoms with Crippen LogP contribution in [0.2, 0.25) is 0 Å². The molecule has 1 heterocycles. The summed E-state index contributed by atoms with van der Waals surface area (Å²) in [5.74, 6) is 0.